The lowest BCUT2D eigenvalue weighted by Crippen LogP contribution is -2.23. The molecule has 0 aliphatic rings. The second kappa shape index (κ2) is 11.1. The predicted octanol–water partition coefficient (Wildman–Crippen LogP) is 4.53. The standard InChI is InChI=1S/C23H28FN3O2S/c1-17-5-10-20(22(15-17)29-3)26-23-27(13-4-11-25-12-14-28-2)21(16-30-23)18-6-8-19(24)9-7-18/h5-10,15-16,25H,4,11-14H2,1-3H3. The van der Waals surface area contributed by atoms with Crippen molar-refractivity contribution in [1.82, 2.24) is 9.88 Å². The van der Waals surface area contributed by atoms with E-state index >= 15 is 0 Å². The van der Waals surface area contributed by atoms with Crippen molar-refractivity contribution in [3.63, 3.8) is 0 Å². The highest BCUT2D eigenvalue weighted by atomic mass is 32.1. The van der Waals surface area contributed by atoms with E-state index in [1.807, 2.05) is 25.1 Å². The van der Waals surface area contributed by atoms with Gasteiger partial charge in [-0.3, -0.25) is 0 Å². The second-order valence-corrected chi connectivity index (χ2v) is 7.78. The Bertz CT molecular complexity index is 1010. The van der Waals surface area contributed by atoms with E-state index in [2.05, 4.69) is 15.3 Å². The fourth-order valence-corrected chi connectivity index (χ4v) is 4.08. The Morgan fingerprint density at radius 3 is 2.63 bits per heavy atom. The van der Waals surface area contributed by atoms with Crippen molar-refractivity contribution in [2.75, 3.05) is 33.9 Å². The van der Waals surface area contributed by atoms with Crippen LogP contribution in [0.1, 0.15) is 12.0 Å². The average molecular weight is 430 g/mol. The van der Waals surface area contributed by atoms with Crippen LogP contribution in [0.3, 0.4) is 0 Å². The van der Waals surface area contributed by atoms with Crippen LogP contribution in [-0.4, -0.2) is 38.5 Å². The lowest BCUT2D eigenvalue weighted by molar-refractivity contribution is 0.199. The van der Waals surface area contributed by atoms with Crippen molar-refractivity contribution in [3.8, 4) is 17.0 Å². The summed E-state index contributed by atoms with van der Waals surface area (Å²) in [5.41, 5.74) is 3.92. The number of methoxy groups -OCH3 is 2. The van der Waals surface area contributed by atoms with Gasteiger partial charge in [0.25, 0.3) is 0 Å². The molecule has 0 unspecified atom stereocenters. The van der Waals surface area contributed by atoms with Crippen LogP contribution in [0.5, 0.6) is 5.75 Å². The summed E-state index contributed by atoms with van der Waals surface area (Å²) in [5.74, 6) is 0.511. The topological polar surface area (TPSA) is 47.8 Å². The predicted molar refractivity (Wildman–Crippen MR) is 120 cm³/mol. The number of thiazole rings is 1. The molecular formula is C23H28FN3O2S. The zero-order chi connectivity index (χ0) is 21.3. The molecule has 0 radical (unpaired) electrons. The number of nitrogens with one attached hydrogen (secondary N) is 1. The monoisotopic (exact) mass is 429 g/mol. The van der Waals surface area contributed by atoms with Gasteiger partial charge in [-0.25, -0.2) is 9.38 Å². The van der Waals surface area contributed by atoms with Gasteiger partial charge in [-0.05, 0) is 67.4 Å². The summed E-state index contributed by atoms with van der Waals surface area (Å²) in [4.78, 5) is 5.77. The first-order valence-corrected chi connectivity index (χ1v) is 10.8. The first kappa shape index (κ1) is 22.2. The van der Waals surface area contributed by atoms with Gasteiger partial charge in [-0.15, -0.1) is 11.3 Å². The summed E-state index contributed by atoms with van der Waals surface area (Å²) in [6.45, 7) is 5.22. The van der Waals surface area contributed by atoms with Crippen molar-refractivity contribution in [2.45, 2.75) is 19.9 Å². The fraction of sp³-hybridized carbons (Fsp3) is 0.348. The summed E-state index contributed by atoms with van der Waals surface area (Å²) >= 11 is 1.57. The van der Waals surface area contributed by atoms with Crippen LogP contribution in [-0.2, 0) is 11.3 Å². The molecule has 0 spiro atoms. The summed E-state index contributed by atoms with van der Waals surface area (Å²) < 4.78 is 26.2. The molecule has 0 aliphatic heterocycles. The summed E-state index contributed by atoms with van der Waals surface area (Å²) in [6, 6.07) is 12.6. The molecule has 0 bridgehead atoms. The van der Waals surface area contributed by atoms with Crippen molar-refractivity contribution in [2.24, 2.45) is 4.99 Å². The van der Waals surface area contributed by atoms with Crippen LogP contribution in [0.4, 0.5) is 10.1 Å². The molecule has 7 heteroatoms. The van der Waals surface area contributed by atoms with E-state index in [9.17, 15) is 4.39 Å². The van der Waals surface area contributed by atoms with E-state index in [4.69, 9.17) is 14.5 Å². The molecule has 1 heterocycles. The minimum Gasteiger partial charge on any atom is -0.494 e. The Morgan fingerprint density at radius 2 is 1.90 bits per heavy atom. The molecule has 5 nitrogen and oxygen atoms in total. The van der Waals surface area contributed by atoms with E-state index in [0.717, 1.165) is 59.1 Å². The molecule has 0 aliphatic carbocycles. The number of rotatable bonds is 10. The Morgan fingerprint density at radius 1 is 1.10 bits per heavy atom. The number of nitrogens with zero attached hydrogens (tertiary/aromatic N) is 2. The molecule has 0 fully saturated rings. The Hall–Kier alpha value is -2.48. The number of ether oxygens (including phenoxy) is 2. The van der Waals surface area contributed by atoms with Crippen LogP contribution in [0.25, 0.3) is 11.3 Å². The van der Waals surface area contributed by atoms with Gasteiger partial charge < -0.3 is 19.4 Å². The molecule has 2 aromatic carbocycles. The molecule has 0 saturated heterocycles. The van der Waals surface area contributed by atoms with Crippen LogP contribution in [0.15, 0.2) is 52.8 Å². The van der Waals surface area contributed by atoms with E-state index in [1.54, 1.807) is 37.7 Å². The highest BCUT2D eigenvalue weighted by molar-refractivity contribution is 7.07. The highest BCUT2D eigenvalue weighted by Gasteiger charge is 2.10. The van der Waals surface area contributed by atoms with Gasteiger partial charge >= 0.3 is 0 Å². The highest BCUT2D eigenvalue weighted by Crippen LogP contribution is 2.28. The average Bonchev–Trinajstić information content (AvgIpc) is 3.14. The number of aryl methyl sites for hydroxylation is 1. The molecule has 0 amide bonds. The van der Waals surface area contributed by atoms with Crippen molar-refractivity contribution in [1.29, 1.82) is 0 Å². The minimum atomic E-state index is -0.239. The molecule has 160 valence electrons. The first-order valence-electron chi connectivity index (χ1n) is 9.95. The van der Waals surface area contributed by atoms with Crippen LogP contribution in [0, 0.1) is 12.7 Å². The number of benzene rings is 2. The van der Waals surface area contributed by atoms with Crippen LogP contribution < -0.4 is 14.9 Å². The molecule has 1 aromatic heterocycles. The third kappa shape index (κ3) is 5.78. The van der Waals surface area contributed by atoms with Gasteiger partial charge in [-0.1, -0.05) is 6.07 Å². The Kier molecular flexibility index (Phi) is 8.19. The Balaban J connectivity index is 1.93. The van der Waals surface area contributed by atoms with Gasteiger partial charge in [0.1, 0.15) is 17.3 Å². The number of hydrogen-bond acceptors (Lipinski definition) is 5. The molecular weight excluding hydrogens is 401 g/mol. The van der Waals surface area contributed by atoms with E-state index in [-0.39, 0.29) is 5.82 Å². The maximum absolute atomic E-state index is 13.4. The molecule has 0 saturated carbocycles. The van der Waals surface area contributed by atoms with Gasteiger partial charge in [0.2, 0.25) is 0 Å². The zero-order valence-electron chi connectivity index (χ0n) is 17.7. The normalized spacial score (nSPS) is 11.8. The fourth-order valence-electron chi connectivity index (χ4n) is 3.13. The summed E-state index contributed by atoms with van der Waals surface area (Å²) in [5, 5.41) is 5.45. The molecule has 30 heavy (non-hydrogen) atoms. The van der Waals surface area contributed by atoms with Gasteiger partial charge in [0.15, 0.2) is 4.80 Å². The van der Waals surface area contributed by atoms with Crippen LogP contribution in [0.2, 0.25) is 0 Å². The molecule has 3 aromatic rings. The van der Waals surface area contributed by atoms with Crippen molar-refractivity contribution >= 4 is 17.0 Å². The largest absolute Gasteiger partial charge is 0.494 e. The number of hydrogen-bond donors (Lipinski definition) is 1. The lowest BCUT2D eigenvalue weighted by Gasteiger charge is -2.11. The van der Waals surface area contributed by atoms with Crippen molar-refractivity contribution in [3.05, 3.63) is 64.0 Å². The molecule has 0 atom stereocenters. The summed E-state index contributed by atoms with van der Waals surface area (Å²) in [7, 11) is 3.36. The summed E-state index contributed by atoms with van der Waals surface area (Å²) in [6.07, 6.45) is 0.937. The SMILES string of the molecule is COCCNCCCn1c(-c2ccc(F)cc2)csc1=Nc1ccc(C)cc1OC. The maximum Gasteiger partial charge on any atom is 0.190 e. The third-order valence-corrected chi connectivity index (χ3v) is 5.57. The quantitative estimate of drug-likeness (QED) is 0.482. The number of halogens is 1. The van der Waals surface area contributed by atoms with E-state index in [0.29, 0.717) is 6.61 Å². The first-order chi connectivity index (χ1) is 14.6. The van der Waals surface area contributed by atoms with E-state index in [1.165, 1.54) is 12.1 Å². The van der Waals surface area contributed by atoms with Crippen molar-refractivity contribution < 1.29 is 13.9 Å². The smallest absolute Gasteiger partial charge is 0.190 e. The maximum atomic E-state index is 13.4. The van der Waals surface area contributed by atoms with Gasteiger partial charge in [-0.2, -0.15) is 0 Å². The second-order valence-electron chi connectivity index (χ2n) is 6.95. The third-order valence-electron chi connectivity index (χ3n) is 4.71. The molecule has 3 rings (SSSR count). The number of aromatic nitrogens is 1. The van der Waals surface area contributed by atoms with Gasteiger partial charge in [0.05, 0.1) is 19.4 Å². The van der Waals surface area contributed by atoms with Gasteiger partial charge in [0, 0.05) is 25.6 Å². The lowest BCUT2D eigenvalue weighted by atomic mass is 10.1. The van der Waals surface area contributed by atoms with Crippen LogP contribution >= 0.6 is 11.3 Å². The Labute approximate surface area is 180 Å². The minimum absolute atomic E-state index is 0.239. The zero-order valence-corrected chi connectivity index (χ0v) is 18.5. The molecule has 1 N–H and O–H groups in total. The van der Waals surface area contributed by atoms with E-state index < -0.39 is 0 Å².